The van der Waals surface area contributed by atoms with Crippen molar-refractivity contribution >= 4 is 17.2 Å². The van der Waals surface area contributed by atoms with E-state index in [1.165, 1.54) is 0 Å². The number of anilines is 2. The van der Waals surface area contributed by atoms with E-state index in [2.05, 4.69) is 52.7 Å². The summed E-state index contributed by atoms with van der Waals surface area (Å²) in [6.07, 6.45) is 4.10. The summed E-state index contributed by atoms with van der Waals surface area (Å²) < 4.78 is 7.77. The highest BCUT2D eigenvalue weighted by molar-refractivity contribution is 5.90. The fraction of sp³-hybridized carbons (Fsp3) is 0.217. The van der Waals surface area contributed by atoms with Crippen LogP contribution in [-0.4, -0.2) is 21.2 Å². The molecule has 1 unspecified atom stereocenters. The van der Waals surface area contributed by atoms with E-state index >= 15 is 0 Å². The predicted octanol–water partition coefficient (Wildman–Crippen LogP) is 4.67. The maximum Gasteiger partial charge on any atom is 0.238 e. The molecular weight excluding hydrogens is 362 g/mol. The van der Waals surface area contributed by atoms with E-state index in [-0.39, 0.29) is 12.0 Å². The third kappa shape index (κ3) is 3.06. The molecule has 0 bridgehead atoms. The number of rotatable bonds is 5. The van der Waals surface area contributed by atoms with Gasteiger partial charge in [-0.2, -0.15) is 0 Å². The van der Waals surface area contributed by atoms with Gasteiger partial charge in [0.1, 0.15) is 11.4 Å². The van der Waals surface area contributed by atoms with Crippen molar-refractivity contribution in [3.63, 3.8) is 0 Å². The summed E-state index contributed by atoms with van der Waals surface area (Å²) >= 11 is 0. The Bertz CT molecular complexity index is 1180. The lowest BCUT2D eigenvalue weighted by molar-refractivity contribution is 0.309. The Morgan fingerprint density at radius 3 is 2.93 bits per heavy atom. The molecule has 0 aliphatic carbocycles. The molecule has 0 amide bonds. The maximum absolute atomic E-state index is 5.99. The number of para-hydroxylation sites is 1. The lowest BCUT2D eigenvalue weighted by atomic mass is 9.99. The van der Waals surface area contributed by atoms with Gasteiger partial charge >= 0.3 is 0 Å². The van der Waals surface area contributed by atoms with Crippen LogP contribution >= 0.6 is 0 Å². The first-order valence-corrected chi connectivity index (χ1v) is 9.98. The Morgan fingerprint density at radius 2 is 2.03 bits per heavy atom. The van der Waals surface area contributed by atoms with Gasteiger partial charge in [-0.1, -0.05) is 43.7 Å². The van der Waals surface area contributed by atoms with Crippen LogP contribution in [0.4, 0.5) is 11.6 Å². The molecule has 4 aromatic rings. The molecular formula is C23H23N5O. The van der Waals surface area contributed by atoms with Crippen molar-refractivity contribution in [2.75, 3.05) is 17.7 Å². The average molecular weight is 385 g/mol. The van der Waals surface area contributed by atoms with E-state index in [0.29, 0.717) is 0 Å². The van der Waals surface area contributed by atoms with Crippen molar-refractivity contribution in [1.29, 1.82) is 0 Å². The second kappa shape index (κ2) is 7.13. The number of aromatic nitrogens is 3. The Morgan fingerprint density at radius 1 is 1.14 bits per heavy atom. The van der Waals surface area contributed by atoms with Crippen LogP contribution in [0, 0.1) is 0 Å². The van der Waals surface area contributed by atoms with E-state index in [1.807, 2.05) is 35.0 Å². The van der Waals surface area contributed by atoms with Gasteiger partial charge in [-0.05, 0) is 36.2 Å². The Balaban J connectivity index is 1.66. The van der Waals surface area contributed by atoms with Gasteiger partial charge in [0.15, 0.2) is 0 Å². The number of nitrogen functional groups attached to an aromatic ring is 1. The number of hydrogen-bond donors (Lipinski definition) is 2. The van der Waals surface area contributed by atoms with E-state index < -0.39 is 0 Å². The zero-order valence-corrected chi connectivity index (χ0v) is 16.3. The fourth-order valence-corrected chi connectivity index (χ4v) is 3.92. The van der Waals surface area contributed by atoms with Crippen LogP contribution in [0.5, 0.6) is 5.75 Å². The lowest BCUT2D eigenvalue weighted by Crippen LogP contribution is -2.11. The first kappa shape index (κ1) is 17.6. The van der Waals surface area contributed by atoms with Crippen LogP contribution in [0.2, 0.25) is 0 Å². The predicted molar refractivity (Wildman–Crippen MR) is 115 cm³/mol. The Labute approximate surface area is 169 Å². The number of unbranched alkanes of at least 4 members (excludes halogenated alkanes) is 1. The lowest BCUT2D eigenvalue weighted by Gasteiger charge is -2.20. The number of nitrogens with one attached hydrogen (secondary N) is 1. The molecule has 3 heterocycles. The first-order valence-electron chi connectivity index (χ1n) is 9.98. The van der Waals surface area contributed by atoms with Gasteiger partial charge in [-0.25, -0.2) is 9.50 Å². The molecule has 6 nitrogen and oxygen atoms in total. The molecule has 0 saturated carbocycles. The summed E-state index contributed by atoms with van der Waals surface area (Å²) in [7, 11) is 0. The van der Waals surface area contributed by atoms with Crippen molar-refractivity contribution in [2.45, 2.75) is 25.8 Å². The van der Waals surface area contributed by atoms with E-state index in [9.17, 15) is 0 Å². The van der Waals surface area contributed by atoms with E-state index in [0.717, 1.165) is 58.8 Å². The molecule has 6 heteroatoms. The van der Waals surface area contributed by atoms with Gasteiger partial charge in [0, 0.05) is 23.0 Å². The topological polar surface area (TPSA) is 77.5 Å². The SMILES string of the molecule is CCCCOc1cccc(C2Nc3ccccc3-c3nc(N)nn4ccc2c34)c1. The smallest absolute Gasteiger partial charge is 0.238 e. The molecule has 146 valence electrons. The number of ether oxygens (including phenoxy) is 1. The molecule has 1 atom stereocenters. The highest BCUT2D eigenvalue weighted by Crippen LogP contribution is 2.41. The molecule has 3 N–H and O–H groups in total. The van der Waals surface area contributed by atoms with Gasteiger partial charge in [0.25, 0.3) is 0 Å². The van der Waals surface area contributed by atoms with Crippen LogP contribution < -0.4 is 15.8 Å². The Kier molecular flexibility index (Phi) is 4.31. The monoisotopic (exact) mass is 385 g/mol. The van der Waals surface area contributed by atoms with Crippen LogP contribution in [0.3, 0.4) is 0 Å². The molecule has 5 rings (SSSR count). The van der Waals surface area contributed by atoms with Crippen LogP contribution in [0.25, 0.3) is 16.8 Å². The molecule has 1 aliphatic heterocycles. The molecule has 0 radical (unpaired) electrons. The standard InChI is InChI=1S/C23H23N5O/c1-2-3-13-29-16-8-6-7-15(14-16)20-18-11-12-28-22(18)21(26-23(24)27-28)17-9-4-5-10-19(17)25-20/h4-12,14,20,25H,2-3,13H2,1H3,(H2,24,27). The Hall–Kier alpha value is -3.54. The molecule has 29 heavy (non-hydrogen) atoms. The number of nitrogens with two attached hydrogens (primary N) is 1. The third-order valence-corrected chi connectivity index (χ3v) is 5.31. The van der Waals surface area contributed by atoms with Crippen LogP contribution in [-0.2, 0) is 0 Å². The first-order chi connectivity index (χ1) is 14.2. The van der Waals surface area contributed by atoms with Gasteiger partial charge in [0.2, 0.25) is 5.95 Å². The molecule has 2 aromatic carbocycles. The number of nitrogens with zero attached hydrogens (tertiary/aromatic N) is 3. The zero-order valence-electron chi connectivity index (χ0n) is 16.3. The molecule has 0 saturated heterocycles. The summed E-state index contributed by atoms with van der Waals surface area (Å²) in [6.45, 7) is 2.89. The maximum atomic E-state index is 5.99. The second-order valence-electron chi connectivity index (χ2n) is 7.28. The van der Waals surface area contributed by atoms with E-state index in [4.69, 9.17) is 10.5 Å². The average Bonchev–Trinajstić information content (AvgIpc) is 3.09. The van der Waals surface area contributed by atoms with E-state index in [1.54, 1.807) is 0 Å². The molecule has 2 aromatic heterocycles. The van der Waals surface area contributed by atoms with Crippen LogP contribution in [0.15, 0.2) is 60.8 Å². The van der Waals surface area contributed by atoms with Gasteiger partial charge in [-0.15, -0.1) is 5.10 Å². The highest BCUT2D eigenvalue weighted by Gasteiger charge is 2.27. The minimum absolute atomic E-state index is 0.0515. The largest absolute Gasteiger partial charge is 0.494 e. The van der Waals surface area contributed by atoms with Gasteiger partial charge in [0.05, 0.1) is 18.2 Å². The molecule has 1 aliphatic rings. The molecule has 0 fully saturated rings. The minimum atomic E-state index is -0.0515. The quantitative estimate of drug-likeness (QED) is 0.488. The number of benzene rings is 2. The highest BCUT2D eigenvalue weighted by atomic mass is 16.5. The minimum Gasteiger partial charge on any atom is -0.494 e. The van der Waals surface area contributed by atoms with Crippen molar-refractivity contribution in [1.82, 2.24) is 14.6 Å². The number of hydrogen-bond acceptors (Lipinski definition) is 5. The van der Waals surface area contributed by atoms with Crippen molar-refractivity contribution in [3.8, 4) is 17.0 Å². The normalized spacial score (nSPS) is 14.9. The summed E-state index contributed by atoms with van der Waals surface area (Å²) in [6, 6.07) is 18.5. The summed E-state index contributed by atoms with van der Waals surface area (Å²) in [5, 5.41) is 8.09. The summed E-state index contributed by atoms with van der Waals surface area (Å²) in [5.74, 6) is 1.15. The number of fused-ring (bicyclic) bond motifs is 2. The van der Waals surface area contributed by atoms with Gasteiger partial charge in [-0.3, -0.25) is 0 Å². The summed E-state index contributed by atoms with van der Waals surface area (Å²) in [5.41, 5.74) is 12.1. The van der Waals surface area contributed by atoms with Crippen molar-refractivity contribution in [3.05, 3.63) is 71.9 Å². The summed E-state index contributed by atoms with van der Waals surface area (Å²) in [4.78, 5) is 4.58. The van der Waals surface area contributed by atoms with Crippen LogP contribution in [0.1, 0.15) is 36.9 Å². The fourth-order valence-electron chi connectivity index (χ4n) is 3.92. The second-order valence-corrected chi connectivity index (χ2v) is 7.28. The van der Waals surface area contributed by atoms with Gasteiger partial charge < -0.3 is 15.8 Å². The zero-order chi connectivity index (χ0) is 19.8. The van der Waals surface area contributed by atoms with Crippen molar-refractivity contribution < 1.29 is 4.74 Å². The third-order valence-electron chi connectivity index (χ3n) is 5.31. The van der Waals surface area contributed by atoms with Crippen molar-refractivity contribution in [2.24, 2.45) is 0 Å². The molecule has 0 spiro atoms.